The summed E-state index contributed by atoms with van der Waals surface area (Å²) in [6, 6.07) is 3.95. The minimum absolute atomic E-state index is 0.159. The SMILES string of the molecule is CCN(CC)C(=O)n1cc(Cl)c(Sc2c(C)cc(Br)cc2C)n1. The van der Waals surface area contributed by atoms with Gasteiger partial charge in [-0.3, -0.25) is 0 Å². The Morgan fingerprint density at radius 3 is 2.39 bits per heavy atom. The monoisotopic (exact) mass is 415 g/mol. The van der Waals surface area contributed by atoms with E-state index in [1.54, 1.807) is 11.1 Å². The quantitative estimate of drug-likeness (QED) is 0.672. The lowest BCUT2D eigenvalue weighted by atomic mass is 10.2. The molecule has 1 aromatic heterocycles. The van der Waals surface area contributed by atoms with Crippen molar-refractivity contribution in [1.82, 2.24) is 14.7 Å². The molecule has 2 aromatic rings. The maximum atomic E-state index is 12.4. The second-order valence-electron chi connectivity index (χ2n) is 5.15. The molecule has 7 heteroatoms. The highest BCUT2D eigenvalue weighted by Gasteiger charge is 2.18. The number of nitrogens with zero attached hydrogens (tertiary/aromatic N) is 3. The van der Waals surface area contributed by atoms with E-state index in [2.05, 4.69) is 33.2 Å². The van der Waals surface area contributed by atoms with Gasteiger partial charge in [-0.2, -0.15) is 9.78 Å². The third-order valence-corrected chi connectivity index (χ3v) is 5.68. The Balaban J connectivity index is 2.31. The maximum Gasteiger partial charge on any atom is 0.344 e. The summed E-state index contributed by atoms with van der Waals surface area (Å²) in [5.41, 5.74) is 2.28. The van der Waals surface area contributed by atoms with E-state index < -0.39 is 0 Å². The zero-order valence-corrected chi connectivity index (χ0v) is 16.7. The molecule has 0 fully saturated rings. The molecule has 0 N–H and O–H groups in total. The van der Waals surface area contributed by atoms with Crippen molar-refractivity contribution in [2.24, 2.45) is 0 Å². The zero-order valence-electron chi connectivity index (χ0n) is 13.6. The van der Waals surface area contributed by atoms with E-state index in [0.29, 0.717) is 23.1 Å². The molecule has 0 saturated heterocycles. The Bertz CT molecular complexity index is 705. The molecule has 124 valence electrons. The largest absolute Gasteiger partial charge is 0.344 e. The van der Waals surface area contributed by atoms with Crippen molar-refractivity contribution in [3.05, 3.63) is 39.0 Å². The number of hydrogen-bond donors (Lipinski definition) is 0. The van der Waals surface area contributed by atoms with Crippen LogP contribution in [0.2, 0.25) is 5.02 Å². The summed E-state index contributed by atoms with van der Waals surface area (Å²) in [7, 11) is 0. The van der Waals surface area contributed by atoms with Crippen molar-refractivity contribution in [3.63, 3.8) is 0 Å². The summed E-state index contributed by atoms with van der Waals surface area (Å²) in [5, 5.41) is 5.49. The first-order valence-corrected chi connectivity index (χ1v) is 9.35. The van der Waals surface area contributed by atoms with Gasteiger partial charge in [0.15, 0.2) is 0 Å². The van der Waals surface area contributed by atoms with Crippen LogP contribution in [-0.4, -0.2) is 33.8 Å². The molecule has 0 spiro atoms. The van der Waals surface area contributed by atoms with E-state index in [0.717, 1.165) is 20.5 Å². The molecule has 0 unspecified atom stereocenters. The first-order valence-electron chi connectivity index (χ1n) is 7.36. The van der Waals surface area contributed by atoms with Gasteiger partial charge in [-0.15, -0.1) is 0 Å². The van der Waals surface area contributed by atoms with Gasteiger partial charge in [0.05, 0.1) is 11.2 Å². The normalized spacial score (nSPS) is 10.9. The van der Waals surface area contributed by atoms with Crippen LogP contribution in [-0.2, 0) is 0 Å². The number of aryl methyl sites for hydroxylation is 2. The smallest absolute Gasteiger partial charge is 0.323 e. The van der Waals surface area contributed by atoms with E-state index in [4.69, 9.17) is 11.6 Å². The first-order chi connectivity index (χ1) is 10.9. The Labute approximate surface area is 154 Å². The highest BCUT2D eigenvalue weighted by molar-refractivity contribution is 9.10. The molecule has 2 rings (SSSR count). The fourth-order valence-electron chi connectivity index (χ4n) is 2.30. The Kier molecular flexibility index (Phi) is 6.17. The van der Waals surface area contributed by atoms with Crippen LogP contribution in [0.5, 0.6) is 0 Å². The summed E-state index contributed by atoms with van der Waals surface area (Å²) in [6.45, 7) is 9.26. The number of benzene rings is 1. The molecule has 0 aliphatic carbocycles. The molecule has 0 atom stereocenters. The molecule has 0 aliphatic heterocycles. The highest BCUT2D eigenvalue weighted by Crippen LogP contribution is 2.37. The number of rotatable bonds is 4. The van der Waals surface area contributed by atoms with Gasteiger partial charge >= 0.3 is 6.03 Å². The van der Waals surface area contributed by atoms with Crippen molar-refractivity contribution in [2.75, 3.05) is 13.1 Å². The average Bonchev–Trinajstić information content (AvgIpc) is 2.85. The zero-order chi connectivity index (χ0) is 17.1. The van der Waals surface area contributed by atoms with E-state index in [-0.39, 0.29) is 6.03 Å². The second kappa shape index (κ2) is 7.73. The molecule has 0 bridgehead atoms. The molecule has 0 aliphatic rings. The minimum atomic E-state index is -0.159. The lowest BCUT2D eigenvalue weighted by Gasteiger charge is -2.17. The third kappa shape index (κ3) is 4.11. The molecule has 1 amide bonds. The second-order valence-corrected chi connectivity index (χ2v) is 7.47. The van der Waals surface area contributed by atoms with Gasteiger partial charge < -0.3 is 4.90 Å². The Hall–Kier alpha value is -0.980. The third-order valence-electron chi connectivity index (χ3n) is 3.49. The standard InChI is InChI=1S/C16H19BrClN3OS/c1-5-20(6-2)16(22)21-9-13(18)15(19-21)23-14-10(3)7-12(17)8-11(14)4/h7-9H,5-6H2,1-4H3. The number of aromatic nitrogens is 2. The molecule has 0 saturated carbocycles. The van der Waals surface area contributed by atoms with Crippen molar-refractivity contribution in [2.45, 2.75) is 37.6 Å². The average molecular weight is 417 g/mol. The van der Waals surface area contributed by atoms with Crippen molar-refractivity contribution < 1.29 is 4.79 Å². The Morgan fingerprint density at radius 1 is 1.30 bits per heavy atom. The topological polar surface area (TPSA) is 38.1 Å². The minimum Gasteiger partial charge on any atom is -0.323 e. The number of halogens is 2. The first kappa shape index (κ1) is 18.4. The van der Waals surface area contributed by atoms with Crippen LogP contribution >= 0.6 is 39.3 Å². The van der Waals surface area contributed by atoms with E-state index in [1.165, 1.54) is 16.4 Å². The highest BCUT2D eigenvalue weighted by atomic mass is 79.9. The van der Waals surface area contributed by atoms with Gasteiger partial charge in [0.25, 0.3) is 0 Å². The van der Waals surface area contributed by atoms with Crippen LogP contribution in [0, 0.1) is 13.8 Å². The summed E-state index contributed by atoms with van der Waals surface area (Å²) in [4.78, 5) is 15.2. The fraction of sp³-hybridized carbons (Fsp3) is 0.375. The van der Waals surface area contributed by atoms with E-state index in [9.17, 15) is 4.79 Å². The fourth-order valence-corrected chi connectivity index (χ4v) is 4.14. The van der Waals surface area contributed by atoms with Crippen molar-refractivity contribution >= 4 is 45.3 Å². The summed E-state index contributed by atoms with van der Waals surface area (Å²) in [6.07, 6.45) is 1.58. The van der Waals surface area contributed by atoms with Crippen LogP contribution in [0.25, 0.3) is 0 Å². The number of amides is 1. The van der Waals surface area contributed by atoms with E-state index in [1.807, 2.05) is 27.7 Å². The molecule has 23 heavy (non-hydrogen) atoms. The van der Waals surface area contributed by atoms with Crippen molar-refractivity contribution in [1.29, 1.82) is 0 Å². The van der Waals surface area contributed by atoms with Crippen LogP contribution in [0.1, 0.15) is 25.0 Å². The van der Waals surface area contributed by atoms with Crippen LogP contribution in [0.15, 0.2) is 32.7 Å². The van der Waals surface area contributed by atoms with Crippen LogP contribution < -0.4 is 0 Å². The predicted octanol–water partition coefficient (Wildman–Crippen LogP) is 5.38. The van der Waals surface area contributed by atoms with Gasteiger partial charge in [-0.1, -0.05) is 39.3 Å². The lowest BCUT2D eigenvalue weighted by Crippen LogP contribution is -2.34. The van der Waals surface area contributed by atoms with Crippen molar-refractivity contribution in [3.8, 4) is 0 Å². The van der Waals surface area contributed by atoms with E-state index >= 15 is 0 Å². The number of carbonyl (C=O) groups excluding carboxylic acids is 1. The number of hydrogen-bond acceptors (Lipinski definition) is 3. The maximum absolute atomic E-state index is 12.4. The predicted molar refractivity (Wildman–Crippen MR) is 98.7 cm³/mol. The molecule has 0 radical (unpaired) electrons. The summed E-state index contributed by atoms with van der Waals surface area (Å²) < 4.78 is 2.37. The number of carbonyl (C=O) groups is 1. The molecule has 1 aromatic carbocycles. The Morgan fingerprint density at radius 2 is 1.87 bits per heavy atom. The lowest BCUT2D eigenvalue weighted by molar-refractivity contribution is 0.201. The van der Waals surface area contributed by atoms with Gasteiger partial charge in [0.2, 0.25) is 0 Å². The molecular formula is C16H19BrClN3OS. The van der Waals surface area contributed by atoms with Gasteiger partial charge in [-0.05, 0) is 51.0 Å². The van der Waals surface area contributed by atoms with Gasteiger partial charge in [0.1, 0.15) is 5.03 Å². The molecular weight excluding hydrogens is 398 g/mol. The molecule has 4 nitrogen and oxygen atoms in total. The van der Waals surface area contributed by atoms with Gasteiger partial charge in [-0.25, -0.2) is 4.79 Å². The summed E-state index contributed by atoms with van der Waals surface area (Å²) in [5.74, 6) is 0. The molecule has 1 heterocycles. The van der Waals surface area contributed by atoms with Crippen LogP contribution in [0.4, 0.5) is 4.79 Å². The summed E-state index contributed by atoms with van der Waals surface area (Å²) >= 11 is 11.3. The van der Waals surface area contributed by atoms with Gasteiger partial charge in [0, 0.05) is 22.5 Å². The van der Waals surface area contributed by atoms with Crippen LogP contribution in [0.3, 0.4) is 0 Å².